The first-order valence-electron chi connectivity index (χ1n) is 7.44. The van der Waals surface area contributed by atoms with E-state index in [1.54, 1.807) is 7.11 Å². The number of likely N-dealkylation sites (tertiary alicyclic amines) is 1. The van der Waals surface area contributed by atoms with Crippen LogP contribution in [-0.2, 0) is 17.9 Å². The molecule has 118 valence electrons. The molecule has 2 rings (SSSR count). The van der Waals surface area contributed by atoms with Gasteiger partial charge in [0.05, 0.1) is 13.2 Å². The molecule has 21 heavy (non-hydrogen) atoms. The highest BCUT2D eigenvalue weighted by Crippen LogP contribution is 2.13. The molecule has 0 saturated carbocycles. The Labute approximate surface area is 145 Å². The van der Waals surface area contributed by atoms with Gasteiger partial charge in [0.15, 0.2) is 5.96 Å². The molecular formula is C16H26IN3O. The number of aliphatic imine (C=N–C) groups is 1. The van der Waals surface area contributed by atoms with Gasteiger partial charge in [-0.05, 0) is 30.9 Å². The van der Waals surface area contributed by atoms with E-state index in [0.717, 1.165) is 25.6 Å². The lowest BCUT2D eigenvalue weighted by molar-refractivity contribution is 0.184. The van der Waals surface area contributed by atoms with E-state index in [9.17, 15) is 0 Å². The van der Waals surface area contributed by atoms with Crippen molar-refractivity contribution in [1.82, 2.24) is 10.2 Å². The normalized spacial score (nSPS) is 15.0. The van der Waals surface area contributed by atoms with E-state index in [-0.39, 0.29) is 24.0 Å². The van der Waals surface area contributed by atoms with Gasteiger partial charge in [0.2, 0.25) is 0 Å². The average molecular weight is 403 g/mol. The zero-order valence-corrected chi connectivity index (χ0v) is 15.3. The summed E-state index contributed by atoms with van der Waals surface area (Å²) in [5.41, 5.74) is 2.46. The summed E-state index contributed by atoms with van der Waals surface area (Å²) in [6, 6.07) is 8.35. The Bertz CT molecular complexity index is 445. The highest BCUT2D eigenvalue weighted by atomic mass is 127. The zero-order chi connectivity index (χ0) is 14.2. The molecule has 0 unspecified atom stereocenters. The predicted molar refractivity (Wildman–Crippen MR) is 98.2 cm³/mol. The average Bonchev–Trinajstić information content (AvgIpc) is 2.99. The second-order valence-electron chi connectivity index (χ2n) is 5.07. The SMILES string of the molecule is CCNC(=NCc1ccccc1COC)N1CCCC1.I. The van der Waals surface area contributed by atoms with Crippen LogP contribution in [0.2, 0.25) is 0 Å². The van der Waals surface area contributed by atoms with Crippen molar-refractivity contribution < 1.29 is 4.74 Å². The first kappa shape index (κ1) is 18.2. The van der Waals surface area contributed by atoms with Gasteiger partial charge in [-0.3, -0.25) is 0 Å². The lowest BCUT2D eigenvalue weighted by atomic mass is 10.1. The van der Waals surface area contributed by atoms with Gasteiger partial charge >= 0.3 is 0 Å². The Hall–Kier alpha value is -0.820. The largest absolute Gasteiger partial charge is 0.380 e. The summed E-state index contributed by atoms with van der Waals surface area (Å²) in [4.78, 5) is 7.13. The molecule has 4 nitrogen and oxygen atoms in total. The molecule has 1 aromatic rings. The van der Waals surface area contributed by atoms with E-state index in [1.807, 2.05) is 6.07 Å². The molecule has 1 aliphatic rings. The van der Waals surface area contributed by atoms with Crippen LogP contribution in [0.15, 0.2) is 29.3 Å². The van der Waals surface area contributed by atoms with E-state index in [4.69, 9.17) is 9.73 Å². The first-order valence-corrected chi connectivity index (χ1v) is 7.44. The van der Waals surface area contributed by atoms with Crippen LogP contribution in [0.25, 0.3) is 0 Å². The Balaban J connectivity index is 0.00000220. The minimum atomic E-state index is 0. The molecule has 0 aromatic heterocycles. The van der Waals surface area contributed by atoms with Crippen LogP contribution < -0.4 is 5.32 Å². The molecule has 0 radical (unpaired) electrons. The summed E-state index contributed by atoms with van der Waals surface area (Å²) >= 11 is 0. The minimum absolute atomic E-state index is 0. The van der Waals surface area contributed by atoms with Crippen LogP contribution in [-0.4, -0.2) is 37.6 Å². The van der Waals surface area contributed by atoms with E-state index in [0.29, 0.717) is 13.2 Å². The number of hydrogen-bond donors (Lipinski definition) is 1. The molecule has 1 aliphatic heterocycles. The maximum Gasteiger partial charge on any atom is 0.194 e. The number of halogens is 1. The maximum atomic E-state index is 5.25. The Morgan fingerprint density at radius 1 is 1.24 bits per heavy atom. The van der Waals surface area contributed by atoms with Crippen LogP contribution in [0.5, 0.6) is 0 Å². The van der Waals surface area contributed by atoms with E-state index in [2.05, 4.69) is 35.3 Å². The van der Waals surface area contributed by atoms with Gasteiger partial charge in [0.1, 0.15) is 0 Å². The zero-order valence-electron chi connectivity index (χ0n) is 13.0. The summed E-state index contributed by atoms with van der Waals surface area (Å²) in [6.07, 6.45) is 2.54. The van der Waals surface area contributed by atoms with Crippen molar-refractivity contribution >= 4 is 29.9 Å². The van der Waals surface area contributed by atoms with Gasteiger partial charge in [0.25, 0.3) is 0 Å². The lowest BCUT2D eigenvalue weighted by Gasteiger charge is -2.21. The predicted octanol–water partition coefficient (Wildman–Crippen LogP) is 3.01. The monoisotopic (exact) mass is 403 g/mol. The fourth-order valence-corrected chi connectivity index (χ4v) is 2.52. The van der Waals surface area contributed by atoms with Crippen molar-refractivity contribution in [2.24, 2.45) is 4.99 Å². The fraction of sp³-hybridized carbons (Fsp3) is 0.562. The lowest BCUT2D eigenvalue weighted by Crippen LogP contribution is -2.39. The van der Waals surface area contributed by atoms with Crippen molar-refractivity contribution in [1.29, 1.82) is 0 Å². The molecule has 1 N–H and O–H groups in total. The van der Waals surface area contributed by atoms with Gasteiger partial charge in [-0.2, -0.15) is 0 Å². The number of nitrogens with one attached hydrogen (secondary N) is 1. The molecule has 0 bridgehead atoms. The van der Waals surface area contributed by atoms with Crippen molar-refractivity contribution in [3.63, 3.8) is 0 Å². The van der Waals surface area contributed by atoms with Gasteiger partial charge in [-0.1, -0.05) is 24.3 Å². The first-order chi connectivity index (χ1) is 9.85. The van der Waals surface area contributed by atoms with Crippen LogP contribution in [0.1, 0.15) is 30.9 Å². The van der Waals surface area contributed by atoms with Crippen molar-refractivity contribution in [3.05, 3.63) is 35.4 Å². The molecule has 0 spiro atoms. The summed E-state index contributed by atoms with van der Waals surface area (Å²) < 4.78 is 5.25. The Morgan fingerprint density at radius 2 is 1.90 bits per heavy atom. The second-order valence-corrected chi connectivity index (χ2v) is 5.07. The number of nitrogens with zero attached hydrogens (tertiary/aromatic N) is 2. The second kappa shape index (κ2) is 10.00. The van der Waals surface area contributed by atoms with Crippen LogP contribution in [0.3, 0.4) is 0 Å². The maximum absolute atomic E-state index is 5.25. The molecule has 0 atom stereocenters. The quantitative estimate of drug-likeness (QED) is 0.467. The molecule has 1 fully saturated rings. The molecule has 5 heteroatoms. The van der Waals surface area contributed by atoms with Crippen molar-refractivity contribution in [3.8, 4) is 0 Å². The topological polar surface area (TPSA) is 36.9 Å². The van der Waals surface area contributed by atoms with E-state index in [1.165, 1.54) is 24.0 Å². The molecular weight excluding hydrogens is 377 g/mol. The van der Waals surface area contributed by atoms with Crippen LogP contribution in [0, 0.1) is 0 Å². The highest BCUT2D eigenvalue weighted by Gasteiger charge is 2.15. The third kappa shape index (κ3) is 5.47. The number of benzene rings is 1. The van der Waals surface area contributed by atoms with Gasteiger partial charge in [-0.25, -0.2) is 4.99 Å². The van der Waals surface area contributed by atoms with Crippen molar-refractivity contribution in [2.75, 3.05) is 26.7 Å². The van der Waals surface area contributed by atoms with Crippen molar-refractivity contribution in [2.45, 2.75) is 32.9 Å². The fourth-order valence-electron chi connectivity index (χ4n) is 2.52. The molecule has 1 saturated heterocycles. The number of hydrogen-bond acceptors (Lipinski definition) is 2. The standard InChI is InChI=1S/C16H25N3O.HI/c1-3-17-16(19-10-6-7-11-19)18-12-14-8-4-5-9-15(14)13-20-2;/h4-5,8-9H,3,6-7,10-13H2,1-2H3,(H,17,18);1H. The smallest absolute Gasteiger partial charge is 0.194 e. The summed E-state index contributed by atoms with van der Waals surface area (Å²) in [5.74, 6) is 1.04. The number of ether oxygens (including phenoxy) is 1. The summed E-state index contributed by atoms with van der Waals surface area (Å²) in [6.45, 7) is 6.61. The molecule has 0 amide bonds. The third-order valence-electron chi connectivity index (χ3n) is 3.56. The molecule has 1 heterocycles. The summed E-state index contributed by atoms with van der Waals surface area (Å²) in [5, 5.41) is 3.39. The van der Waals surface area contributed by atoms with E-state index >= 15 is 0 Å². The van der Waals surface area contributed by atoms with E-state index < -0.39 is 0 Å². The van der Waals surface area contributed by atoms with Crippen LogP contribution >= 0.6 is 24.0 Å². The third-order valence-corrected chi connectivity index (χ3v) is 3.56. The summed E-state index contributed by atoms with van der Waals surface area (Å²) in [7, 11) is 1.73. The number of guanidine groups is 1. The van der Waals surface area contributed by atoms with Gasteiger partial charge in [0, 0.05) is 26.7 Å². The number of methoxy groups -OCH3 is 1. The Morgan fingerprint density at radius 3 is 2.52 bits per heavy atom. The van der Waals surface area contributed by atoms with Gasteiger partial charge < -0.3 is 15.0 Å². The molecule has 0 aliphatic carbocycles. The number of rotatable bonds is 5. The highest BCUT2D eigenvalue weighted by molar-refractivity contribution is 14.0. The molecule has 1 aromatic carbocycles. The van der Waals surface area contributed by atoms with Crippen LogP contribution in [0.4, 0.5) is 0 Å². The Kier molecular flexibility index (Phi) is 8.68. The minimum Gasteiger partial charge on any atom is -0.380 e. The van der Waals surface area contributed by atoms with Gasteiger partial charge in [-0.15, -0.1) is 24.0 Å².